The van der Waals surface area contributed by atoms with E-state index in [4.69, 9.17) is 0 Å². The summed E-state index contributed by atoms with van der Waals surface area (Å²) in [6.07, 6.45) is 6.50. The Morgan fingerprint density at radius 2 is 1.88 bits per heavy atom. The van der Waals surface area contributed by atoms with Gasteiger partial charge in [-0.25, -0.2) is 0 Å². The molecule has 6 nitrogen and oxygen atoms in total. The molecule has 1 aromatic rings. The SMILES string of the molecule is CN(C)c1ccc(N2CCC(C)(C(=O)NC3CCCC3)CC2)nn1. The van der Waals surface area contributed by atoms with Gasteiger partial charge in [-0.3, -0.25) is 4.79 Å². The molecule has 3 rings (SSSR count). The smallest absolute Gasteiger partial charge is 0.226 e. The average Bonchev–Trinajstić information content (AvgIpc) is 3.08. The first-order valence-corrected chi connectivity index (χ1v) is 9.05. The molecule has 24 heavy (non-hydrogen) atoms. The van der Waals surface area contributed by atoms with E-state index in [-0.39, 0.29) is 11.3 Å². The van der Waals surface area contributed by atoms with Crippen LogP contribution in [0, 0.1) is 5.41 Å². The molecule has 1 saturated heterocycles. The van der Waals surface area contributed by atoms with E-state index >= 15 is 0 Å². The molecule has 1 saturated carbocycles. The second kappa shape index (κ2) is 6.95. The van der Waals surface area contributed by atoms with Crippen LogP contribution in [0.15, 0.2) is 12.1 Å². The summed E-state index contributed by atoms with van der Waals surface area (Å²) in [4.78, 5) is 16.9. The molecule has 1 aliphatic heterocycles. The van der Waals surface area contributed by atoms with Crippen LogP contribution in [0.5, 0.6) is 0 Å². The predicted octanol–water partition coefficient (Wildman–Crippen LogP) is 2.21. The van der Waals surface area contributed by atoms with E-state index in [2.05, 4.69) is 27.3 Å². The van der Waals surface area contributed by atoms with Gasteiger partial charge in [-0.1, -0.05) is 19.8 Å². The first kappa shape index (κ1) is 17.0. The average molecular weight is 331 g/mol. The van der Waals surface area contributed by atoms with Crippen molar-refractivity contribution in [3.05, 3.63) is 12.1 Å². The van der Waals surface area contributed by atoms with Gasteiger partial charge < -0.3 is 15.1 Å². The number of amides is 1. The molecule has 1 amide bonds. The Kier molecular flexibility index (Phi) is 4.92. The number of piperidine rings is 1. The van der Waals surface area contributed by atoms with Gasteiger partial charge in [0.05, 0.1) is 0 Å². The van der Waals surface area contributed by atoms with Crippen molar-refractivity contribution in [3.63, 3.8) is 0 Å². The van der Waals surface area contributed by atoms with Crippen molar-refractivity contribution in [2.75, 3.05) is 37.0 Å². The van der Waals surface area contributed by atoms with Crippen molar-refractivity contribution < 1.29 is 4.79 Å². The monoisotopic (exact) mass is 331 g/mol. The number of aromatic nitrogens is 2. The van der Waals surface area contributed by atoms with Gasteiger partial charge in [-0.05, 0) is 37.8 Å². The maximum atomic E-state index is 12.7. The summed E-state index contributed by atoms with van der Waals surface area (Å²) >= 11 is 0. The lowest BCUT2D eigenvalue weighted by atomic mass is 9.79. The molecule has 1 aliphatic carbocycles. The Bertz CT molecular complexity index is 557. The molecule has 1 N–H and O–H groups in total. The van der Waals surface area contributed by atoms with Crippen LogP contribution in [0.25, 0.3) is 0 Å². The largest absolute Gasteiger partial charge is 0.361 e. The zero-order chi connectivity index (χ0) is 17.2. The minimum Gasteiger partial charge on any atom is -0.361 e. The quantitative estimate of drug-likeness (QED) is 0.916. The van der Waals surface area contributed by atoms with Gasteiger partial charge in [0.1, 0.15) is 0 Å². The van der Waals surface area contributed by atoms with Crippen molar-refractivity contribution in [3.8, 4) is 0 Å². The lowest BCUT2D eigenvalue weighted by Gasteiger charge is -2.39. The normalized spacial score (nSPS) is 20.9. The van der Waals surface area contributed by atoms with Crippen molar-refractivity contribution >= 4 is 17.5 Å². The first-order valence-electron chi connectivity index (χ1n) is 9.05. The van der Waals surface area contributed by atoms with Gasteiger partial charge in [-0.15, -0.1) is 10.2 Å². The van der Waals surface area contributed by atoms with Gasteiger partial charge in [0.25, 0.3) is 0 Å². The van der Waals surface area contributed by atoms with Gasteiger partial charge in [0.15, 0.2) is 11.6 Å². The van der Waals surface area contributed by atoms with Crippen LogP contribution in [0.4, 0.5) is 11.6 Å². The third-order valence-corrected chi connectivity index (χ3v) is 5.52. The third kappa shape index (κ3) is 3.62. The summed E-state index contributed by atoms with van der Waals surface area (Å²) in [6, 6.07) is 4.41. The molecule has 0 radical (unpaired) electrons. The van der Waals surface area contributed by atoms with E-state index in [1.165, 1.54) is 12.8 Å². The summed E-state index contributed by atoms with van der Waals surface area (Å²) < 4.78 is 0. The number of hydrogen-bond acceptors (Lipinski definition) is 5. The van der Waals surface area contributed by atoms with Crippen LogP contribution < -0.4 is 15.1 Å². The highest BCUT2D eigenvalue weighted by Gasteiger charge is 2.38. The zero-order valence-electron chi connectivity index (χ0n) is 15.1. The first-order chi connectivity index (χ1) is 11.5. The van der Waals surface area contributed by atoms with Crippen molar-refractivity contribution in [1.82, 2.24) is 15.5 Å². The topological polar surface area (TPSA) is 61.4 Å². The fourth-order valence-electron chi connectivity index (χ4n) is 3.61. The lowest BCUT2D eigenvalue weighted by Crippen LogP contribution is -2.49. The van der Waals surface area contributed by atoms with Crippen LogP contribution >= 0.6 is 0 Å². The van der Waals surface area contributed by atoms with Gasteiger partial charge in [0.2, 0.25) is 5.91 Å². The number of hydrogen-bond donors (Lipinski definition) is 1. The van der Waals surface area contributed by atoms with Crippen molar-refractivity contribution in [2.24, 2.45) is 5.41 Å². The van der Waals surface area contributed by atoms with Crippen LogP contribution in [-0.2, 0) is 4.79 Å². The van der Waals surface area contributed by atoms with E-state index < -0.39 is 0 Å². The predicted molar refractivity (Wildman–Crippen MR) is 96.3 cm³/mol. The van der Waals surface area contributed by atoms with Gasteiger partial charge in [0, 0.05) is 38.6 Å². The van der Waals surface area contributed by atoms with E-state index in [1.807, 2.05) is 31.1 Å². The Morgan fingerprint density at radius 1 is 1.21 bits per heavy atom. The molecule has 6 heteroatoms. The summed E-state index contributed by atoms with van der Waals surface area (Å²) in [6.45, 7) is 3.81. The Morgan fingerprint density at radius 3 is 2.42 bits per heavy atom. The Hall–Kier alpha value is -1.85. The Labute approximate surface area is 144 Å². The maximum absolute atomic E-state index is 12.7. The number of carbonyl (C=O) groups is 1. The number of anilines is 2. The lowest BCUT2D eigenvalue weighted by molar-refractivity contribution is -0.132. The molecular weight excluding hydrogens is 302 g/mol. The van der Waals surface area contributed by atoms with Crippen LogP contribution in [-0.4, -0.2) is 49.3 Å². The molecule has 2 heterocycles. The number of carbonyl (C=O) groups excluding carboxylic acids is 1. The third-order valence-electron chi connectivity index (χ3n) is 5.52. The van der Waals surface area contributed by atoms with Gasteiger partial charge in [-0.2, -0.15) is 0 Å². The highest BCUT2D eigenvalue weighted by atomic mass is 16.2. The zero-order valence-corrected chi connectivity index (χ0v) is 15.1. The molecular formula is C18H29N5O. The van der Waals surface area contributed by atoms with Crippen molar-refractivity contribution in [2.45, 2.75) is 51.5 Å². The summed E-state index contributed by atoms with van der Waals surface area (Å²) in [5.74, 6) is 2.00. The molecule has 0 bridgehead atoms. The summed E-state index contributed by atoms with van der Waals surface area (Å²) in [5.41, 5.74) is -0.254. The molecule has 0 aromatic carbocycles. The van der Waals surface area contributed by atoms with E-state index in [9.17, 15) is 4.79 Å². The highest BCUT2D eigenvalue weighted by Crippen LogP contribution is 2.33. The van der Waals surface area contributed by atoms with Crippen LogP contribution in [0.2, 0.25) is 0 Å². The molecule has 0 spiro atoms. The molecule has 1 aromatic heterocycles. The second-order valence-electron chi connectivity index (χ2n) is 7.65. The van der Waals surface area contributed by atoms with Gasteiger partial charge >= 0.3 is 0 Å². The Balaban J connectivity index is 1.56. The number of nitrogens with one attached hydrogen (secondary N) is 1. The highest BCUT2D eigenvalue weighted by molar-refractivity contribution is 5.82. The van der Waals surface area contributed by atoms with E-state index in [1.54, 1.807) is 0 Å². The molecule has 132 valence electrons. The maximum Gasteiger partial charge on any atom is 0.226 e. The molecule has 0 unspecified atom stereocenters. The van der Waals surface area contributed by atoms with E-state index in [0.717, 1.165) is 50.4 Å². The standard InChI is InChI=1S/C18H29N5O/c1-18(17(24)19-14-6-4-5-7-14)10-12-23(13-11-18)16-9-8-15(20-21-16)22(2)3/h8-9,14H,4-7,10-13H2,1-3H3,(H,19,24). The summed E-state index contributed by atoms with van der Waals surface area (Å²) in [5, 5.41) is 11.9. The molecule has 2 fully saturated rings. The van der Waals surface area contributed by atoms with Crippen LogP contribution in [0.3, 0.4) is 0 Å². The van der Waals surface area contributed by atoms with E-state index in [0.29, 0.717) is 6.04 Å². The molecule has 0 atom stereocenters. The minimum absolute atomic E-state index is 0.239. The van der Waals surface area contributed by atoms with Crippen molar-refractivity contribution in [1.29, 1.82) is 0 Å². The molecule has 2 aliphatic rings. The van der Waals surface area contributed by atoms with Crippen LogP contribution in [0.1, 0.15) is 45.4 Å². The number of rotatable bonds is 4. The number of nitrogens with zero attached hydrogens (tertiary/aromatic N) is 4. The fourth-order valence-corrected chi connectivity index (χ4v) is 3.61. The summed E-state index contributed by atoms with van der Waals surface area (Å²) in [7, 11) is 3.91. The minimum atomic E-state index is -0.254. The fraction of sp³-hybridized carbons (Fsp3) is 0.722. The second-order valence-corrected chi connectivity index (χ2v) is 7.65.